The van der Waals surface area contributed by atoms with Crippen LogP contribution in [-0.4, -0.2) is 24.1 Å². The lowest BCUT2D eigenvalue weighted by Gasteiger charge is -2.20. The summed E-state index contributed by atoms with van der Waals surface area (Å²) in [6, 6.07) is 21.2. The average molecular weight is 706 g/mol. The molecule has 0 heterocycles. The maximum Gasteiger partial charge on any atom is 0.262 e. The molecule has 0 radical (unpaired) electrons. The summed E-state index contributed by atoms with van der Waals surface area (Å²) < 4.78 is 7.80. The predicted octanol–water partition coefficient (Wildman–Crippen LogP) is 5.25. The monoisotopic (exact) mass is 706 g/mol. The highest BCUT2D eigenvalue weighted by atomic mass is 127. The van der Waals surface area contributed by atoms with Crippen LogP contribution in [0.2, 0.25) is 0 Å². The molecule has 0 saturated carbocycles. The summed E-state index contributed by atoms with van der Waals surface area (Å²) in [5, 5.41) is 15.8. The summed E-state index contributed by atoms with van der Waals surface area (Å²) in [5.41, 5.74) is 5.40. The number of nitrogens with zero attached hydrogens (tertiary/aromatic N) is 2. The average Bonchev–Trinajstić information content (AvgIpc) is 2.87. The maximum atomic E-state index is 12.7. The van der Waals surface area contributed by atoms with Crippen molar-refractivity contribution in [3.05, 3.63) is 96.1 Å². The van der Waals surface area contributed by atoms with Crippen molar-refractivity contribution in [2.24, 2.45) is 11.0 Å². The molecule has 3 aromatic carbocycles. The minimum absolute atomic E-state index is 0.123. The fourth-order valence-electron chi connectivity index (χ4n) is 3.21. The second kappa shape index (κ2) is 13.4. The van der Waals surface area contributed by atoms with Crippen LogP contribution in [-0.2, 0) is 11.4 Å². The van der Waals surface area contributed by atoms with Gasteiger partial charge in [0.2, 0.25) is 0 Å². The van der Waals surface area contributed by atoms with Gasteiger partial charge in [-0.15, -0.1) is 0 Å². The zero-order chi connectivity index (χ0) is 26.1. The molecule has 1 atom stereocenters. The molecule has 9 heteroatoms. The minimum atomic E-state index is -0.729. The molecule has 0 bridgehead atoms. The molecule has 0 aliphatic rings. The Morgan fingerprint density at radius 3 is 2.28 bits per heavy atom. The van der Waals surface area contributed by atoms with Gasteiger partial charge in [0.15, 0.2) is 0 Å². The van der Waals surface area contributed by atoms with E-state index in [1.54, 1.807) is 42.6 Å². The van der Waals surface area contributed by atoms with E-state index in [1.807, 2.05) is 44.2 Å². The van der Waals surface area contributed by atoms with Crippen molar-refractivity contribution >= 4 is 63.2 Å². The molecule has 2 amide bonds. The Bertz CT molecular complexity index is 1260. The lowest BCUT2D eigenvalue weighted by molar-refractivity contribution is -0.123. The molecule has 0 fully saturated rings. The molecular formula is C27H24I2N4O3. The van der Waals surface area contributed by atoms with Gasteiger partial charge >= 0.3 is 0 Å². The minimum Gasteiger partial charge on any atom is -0.487 e. The summed E-state index contributed by atoms with van der Waals surface area (Å²) in [7, 11) is 0. The molecular weight excluding hydrogens is 682 g/mol. The summed E-state index contributed by atoms with van der Waals surface area (Å²) in [5.74, 6) is -0.0704. The number of carbonyl (C=O) groups is 2. The van der Waals surface area contributed by atoms with Crippen LogP contribution in [0.5, 0.6) is 5.75 Å². The number of hydrazone groups is 1. The number of ether oxygens (including phenoxy) is 1. The Labute approximate surface area is 237 Å². The van der Waals surface area contributed by atoms with E-state index in [0.717, 1.165) is 24.0 Å². The van der Waals surface area contributed by atoms with Crippen LogP contribution in [0.25, 0.3) is 0 Å². The first-order valence-corrected chi connectivity index (χ1v) is 13.2. The molecule has 36 heavy (non-hydrogen) atoms. The summed E-state index contributed by atoms with van der Waals surface area (Å²) in [6.07, 6.45) is 1.56. The number of rotatable bonds is 9. The molecule has 3 aromatic rings. The number of nitriles is 1. The van der Waals surface area contributed by atoms with Crippen LogP contribution in [0.3, 0.4) is 0 Å². The third kappa shape index (κ3) is 7.76. The van der Waals surface area contributed by atoms with E-state index in [2.05, 4.69) is 67.1 Å². The molecule has 3 rings (SSSR count). The van der Waals surface area contributed by atoms with E-state index in [1.165, 1.54) is 0 Å². The van der Waals surface area contributed by atoms with Crippen molar-refractivity contribution in [2.75, 3.05) is 0 Å². The summed E-state index contributed by atoms with van der Waals surface area (Å²) in [4.78, 5) is 25.2. The van der Waals surface area contributed by atoms with Gasteiger partial charge in [0.1, 0.15) is 18.4 Å². The fraction of sp³-hybridized carbons (Fsp3) is 0.185. The smallest absolute Gasteiger partial charge is 0.262 e. The Kier molecular flexibility index (Phi) is 10.2. The fourth-order valence-corrected chi connectivity index (χ4v) is 5.34. The van der Waals surface area contributed by atoms with Gasteiger partial charge in [-0.3, -0.25) is 9.59 Å². The van der Waals surface area contributed by atoms with Crippen LogP contribution in [0, 0.1) is 24.4 Å². The second-order valence-corrected chi connectivity index (χ2v) is 10.5. The maximum absolute atomic E-state index is 12.7. The molecule has 0 spiro atoms. The lowest BCUT2D eigenvalue weighted by atomic mass is 10.0. The zero-order valence-electron chi connectivity index (χ0n) is 19.7. The number of nitrogens with one attached hydrogen (secondary N) is 2. The Morgan fingerprint density at radius 2 is 1.69 bits per heavy atom. The number of carbonyl (C=O) groups excluding carboxylic acids is 2. The van der Waals surface area contributed by atoms with Crippen molar-refractivity contribution in [1.29, 1.82) is 5.26 Å². The van der Waals surface area contributed by atoms with Crippen LogP contribution in [0.1, 0.15) is 40.9 Å². The van der Waals surface area contributed by atoms with Crippen LogP contribution in [0.4, 0.5) is 0 Å². The molecule has 7 nitrogen and oxygen atoms in total. The van der Waals surface area contributed by atoms with E-state index in [9.17, 15) is 9.59 Å². The van der Waals surface area contributed by atoms with Crippen LogP contribution >= 0.6 is 45.2 Å². The highest BCUT2D eigenvalue weighted by Gasteiger charge is 2.24. The van der Waals surface area contributed by atoms with Gasteiger partial charge in [-0.05, 0) is 98.6 Å². The predicted molar refractivity (Wildman–Crippen MR) is 156 cm³/mol. The molecule has 0 aliphatic carbocycles. The third-order valence-corrected chi connectivity index (χ3v) is 6.75. The Balaban J connectivity index is 1.61. The van der Waals surface area contributed by atoms with E-state index >= 15 is 0 Å². The van der Waals surface area contributed by atoms with Gasteiger partial charge in [-0.25, -0.2) is 5.43 Å². The van der Waals surface area contributed by atoms with Gasteiger partial charge in [0.25, 0.3) is 11.8 Å². The highest BCUT2D eigenvalue weighted by molar-refractivity contribution is 14.1. The highest BCUT2D eigenvalue weighted by Crippen LogP contribution is 2.29. The van der Waals surface area contributed by atoms with E-state index in [4.69, 9.17) is 10.00 Å². The van der Waals surface area contributed by atoms with Gasteiger partial charge < -0.3 is 10.1 Å². The van der Waals surface area contributed by atoms with Gasteiger partial charge in [0, 0.05) is 5.56 Å². The normalized spacial score (nSPS) is 11.7. The molecule has 1 unspecified atom stereocenters. The van der Waals surface area contributed by atoms with Crippen LogP contribution < -0.4 is 15.5 Å². The Morgan fingerprint density at radius 1 is 1.06 bits per heavy atom. The first kappa shape index (κ1) is 27.6. The number of halogens is 2. The summed E-state index contributed by atoms with van der Waals surface area (Å²) >= 11 is 4.40. The molecule has 184 valence electrons. The lowest BCUT2D eigenvalue weighted by Crippen LogP contribution is -2.48. The van der Waals surface area contributed by atoms with E-state index < -0.39 is 11.9 Å². The van der Waals surface area contributed by atoms with Crippen molar-refractivity contribution < 1.29 is 14.3 Å². The number of hydrogen-bond donors (Lipinski definition) is 2. The van der Waals surface area contributed by atoms with Gasteiger partial charge in [-0.1, -0.05) is 44.2 Å². The molecule has 2 N–H and O–H groups in total. The quantitative estimate of drug-likeness (QED) is 0.180. The third-order valence-electron chi connectivity index (χ3n) is 5.15. The van der Waals surface area contributed by atoms with E-state index in [0.29, 0.717) is 17.7 Å². The summed E-state index contributed by atoms with van der Waals surface area (Å²) in [6.45, 7) is 4.10. The SMILES string of the molecule is CC(C)C(NC(=O)c1ccccc1)C(=O)NN=Cc1cc(I)c(OCc2ccc(C#N)cc2)c(I)c1. The molecule has 0 aliphatic heterocycles. The van der Waals surface area contributed by atoms with Gasteiger partial charge in [0.05, 0.1) is 25.0 Å². The first-order valence-electron chi connectivity index (χ1n) is 11.1. The van der Waals surface area contributed by atoms with Crippen molar-refractivity contribution in [3.63, 3.8) is 0 Å². The van der Waals surface area contributed by atoms with Gasteiger partial charge in [-0.2, -0.15) is 10.4 Å². The largest absolute Gasteiger partial charge is 0.487 e. The van der Waals surface area contributed by atoms with Crippen molar-refractivity contribution in [3.8, 4) is 11.8 Å². The first-order chi connectivity index (χ1) is 17.3. The Hall–Kier alpha value is -2.98. The van der Waals surface area contributed by atoms with Crippen molar-refractivity contribution in [2.45, 2.75) is 26.5 Å². The van der Waals surface area contributed by atoms with Crippen LogP contribution in [0.15, 0.2) is 71.8 Å². The number of amides is 2. The number of hydrogen-bond acceptors (Lipinski definition) is 5. The molecule has 0 aromatic heterocycles. The number of benzene rings is 3. The standard InChI is InChI=1S/C27H24I2N4O3/c1-17(2)24(32-26(34)21-6-4-3-5-7-21)27(35)33-31-15-20-12-22(28)25(23(29)13-20)36-16-19-10-8-18(14-30)9-11-19/h3-13,15,17,24H,16H2,1-2H3,(H,32,34)(H,33,35). The van der Waals surface area contributed by atoms with Crippen molar-refractivity contribution in [1.82, 2.24) is 10.7 Å². The molecule has 0 saturated heterocycles. The topological polar surface area (TPSA) is 104 Å². The zero-order valence-corrected chi connectivity index (χ0v) is 24.0. The van der Waals surface area contributed by atoms with E-state index in [-0.39, 0.29) is 11.8 Å². The second-order valence-electron chi connectivity index (χ2n) is 8.21.